The monoisotopic (exact) mass is 274 g/mol. The highest BCUT2D eigenvalue weighted by atomic mass is 35.5. The van der Waals surface area contributed by atoms with Gasteiger partial charge in [0.15, 0.2) is 5.78 Å². The number of hydrogen-bond donors (Lipinski definition) is 1. The number of benzene rings is 2. The summed E-state index contributed by atoms with van der Waals surface area (Å²) in [6.07, 6.45) is 0. The maximum Gasteiger partial charge on any atom is 0.193 e. The molecule has 0 saturated carbocycles. The lowest BCUT2D eigenvalue weighted by Gasteiger charge is -2.17. The van der Waals surface area contributed by atoms with Crippen molar-refractivity contribution in [2.75, 3.05) is 0 Å². The lowest BCUT2D eigenvalue weighted by Crippen LogP contribution is -2.15. The Kier molecular flexibility index (Phi) is 3.74. The summed E-state index contributed by atoms with van der Waals surface area (Å²) in [5.74, 6) is -0.0565. The maximum absolute atomic E-state index is 12.2. The lowest BCUT2D eigenvalue weighted by atomic mass is 9.95. The van der Waals surface area contributed by atoms with Gasteiger partial charge >= 0.3 is 0 Å². The molecular weight excluding hydrogens is 260 g/mol. The molecule has 0 saturated heterocycles. The molecule has 19 heavy (non-hydrogen) atoms. The van der Waals surface area contributed by atoms with Gasteiger partial charge in [-0.1, -0.05) is 35.9 Å². The molecule has 0 atom stereocenters. The Morgan fingerprint density at radius 2 is 1.37 bits per heavy atom. The minimum Gasteiger partial charge on any atom is -0.386 e. The van der Waals surface area contributed by atoms with Gasteiger partial charge in [0.25, 0.3) is 0 Å². The maximum atomic E-state index is 12.2. The first-order valence-corrected chi connectivity index (χ1v) is 6.39. The van der Waals surface area contributed by atoms with E-state index in [0.29, 0.717) is 16.1 Å². The van der Waals surface area contributed by atoms with Crippen LogP contribution >= 0.6 is 11.6 Å². The molecule has 0 unspecified atom stereocenters. The quantitative estimate of drug-likeness (QED) is 0.865. The van der Waals surface area contributed by atoms with Crippen LogP contribution in [0.3, 0.4) is 0 Å². The molecule has 2 aromatic carbocycles. The smallest absolute Gasteiger partial charge is 0.193 e. The Morgan fingerprint density at radius 1 is 0.947 bits per heavy atom. The molecule has 0 aliphatic carbocycles. The van der Waals surface area contributed by atoms with Crippen LogP contribution in [-0.2, 0) is 5.60 Å². The second kappa shape index (κ2) is 5.16. The van der Waals surface area contributed by atoms with Crippen LogP contribution in [0.25, 0.3) is 0 Å². The fourth-order valence-electron chi connectivity index (χ4n) is 1.80. The average Bonchev–Trinajstić information content (AvgIpc) is 2.38. The molecule has 0 aliphatic heterocycles. The highest BCUT2D eigenvalue weighted by Gasteiger charge is 2.16. The van der Waals surface area contributed by atoms with Crippen LogP contribution in [0.1, 0.15) is 35.3 Å². The molecule has 98 valence electrons. The summed E-state index contributed by atoms with van der Waals surface area (Å²) < 4.78 is 0. The van der Waals surface area contributed by atoms with E-state index in [4.69, 9.17) is 11.6 Å². The summed E-state index contributed by atoms with van der Waals surface area (Å²) in [5, 5.41) is 10.5. The van der Waals surface area contributed by atoms with Gasteiger partial charge in [0.1, 0.15) is 0 Å². The highest BCUT2D eigenvalue weighted by molar-refractivity contribution is 6.30. The molecule has 0 aliphatic rings. The second-order valence-corrected chi connectivity index (χ2v) is 5.41. The van der Waals surface area contributed by atoms with Gasteiger partial charge in [-0.2, -0.15) is 0 Å². The van der Waals surface area contributed by atoms with Crippen LogP contribution in [0.5, 0.6) is 0 Å². The van der Waals surface area contributed by atoms with Gasteiger partial charge in [0, 0.05) is 16.1 Å². The van der Waals surface area contributed by atoms with E-state index in [2.05, 4.69) is 0 Å². The van der Waals surface area contributed by atoms with Crippen molar-refractivity contribution in [2.24, 2.45) is 0 Å². The molecule has 0 aromatic heterocycles. The molecule has 0 amide bonds. The Morgan fingerprint density at radius 3 is 1.79 bits per heavy atom. The van der Waals surface area contributed by atoms with E-state index in [0.717, 1.165) is 5.56 Å². The third-order valence-corrected chi connectivity index (χ3v) is 3.21. The lowest BCUT2D eigenvalue weighted by molar-refractivity contribution is 0.0785. The third-order valence-electron chi connectivity index (χ3n) is 2.96. The topological polar surface area (TPSA) is 37.3 Å². The van der Waals surface area contributed by atoms with Gasteiger partial charge in [0.2, 0.25) is 0 Å². The van der Waals surface area contributed by atoms with E-state index in [-0.39, 0.29) is 5.78 Å². The van der Waals surface area contributed by atoms with Crippen molar-refractivity contribution >= 4 is 17.4 Å². The van der Waals surface area contributed by atoms with Crippen molar-refractivity contribution in [3.63, 3.8) is 0 Å². The summed E-state index contributed by atoms with van der Waals surface area (Å²) in [6, 6.07) is 13.8. The van der Waals surface area contributed by atoms with Crippen LogP contribution in [-0.4, -0.2) is 10.9 Å². The molecule has 0 bridgehead atoms. The van der Waals surface area contributed by atoms with Crippen LogP contribution < -0.4 is 0 Å². The predicted molar refractivity (Wildman–Crippen MR) is 76.6 cm³/mol. The van der Waals surface area contributed by atoms with E-state index >= 15 is 0 Å². The zero-order chi connectivity index (χ0) is 14.0. The van der Waals surface area contributed by atoms with Crippen molar-refractivity contribution in [3.8, 4) is 0 Å². The number of hydrogen-bond acceptors (Lipinski definition) is 2. The number of aliphatic hydroxyl groups is 1. The Hall–Kier alpha value is -1.64. The molecule has 2 aromatic rings. The van der Waals surface area contributed by atoms with Crippen LogP contribution in [0.4, 0.5) is 0 Å². The molecule has 3 heteroatoms. The van der Waals surface area contributed by atoms with Crippen molar-refractivity contribution < 1.29 is 9.90 Å². The molecule has 0 fully saturated rings. The van der Waals surface area contributed by atoms with Gasteiger partial charge < -0.3 is 5.11 Å². The Bertz CT molecular complexity index is 578. The number of carbonyl (C=O) groups excluding carboxylic acids is 1. The Balaban J connectivity index is 2.27. The summed E-state index contributed by atoms with van der Waals surface area (Å²) in [6.45, 7) is 3.42. The largest absolute Gasteiger partial charge is 0.386 e. The molecule has 0 spiro atoms. The number of carbonyl (C=O) groups is 1. The van der Waals surface area contributed by atoms with E-state index in [1.807, 2.05) is 0 Å². The van der Waals surface area contributed by atoms with Gasteiger partial charge in [-0.05, 0) is 43.7 Å². The molecule has 1 N–H and O–H groups in total. The summed E-state index contributed by atoms with van der Waals surface area (Å²) >= 11 is 5.79. The van der Waals surface area contributed by atoms with Gasteiger partial charge in [-0.15, -0.1) is 0 Å². The zero-order valence-electron chi connectivity index (χ0n) is 10.9. The van der Waals surface area contributed by atoms with Crippen molar-refractivity contribution in [2.45, 2.75) is 19.4 Å². The first kappa shape index (κ1) is 13.8. The van der Waals surface area contributed by atoms with Crippen LogP contribution in [0, 0.1) is 0 Å². The van der Waals surface area contributed by atoms with Crippen LogP contribution in [0.15, 0.2) is 48.5 Å². The van der Waals surface area contributed by atoms with Crippen molar-refractivity contribution in [1.82, 2.24) is 0 Å². The number of halogens is 1. The average molecular weight is 275 g/mol. The number of rotatable bonds is 3. The standard InChI is InChI=1S/C16H15ClO2/c1-16(2,19)13-7-3-11(4-8-13)15(18)12-5-9-14(17)10-6-12/h3-10,19H,1-2H3. The van der Waals surface area contributed by atoms with Gasteiger partial charge in [0.05, 0.1) is 5.60 Å². The minimum absolute atomic E-state index is 0.0565. The van der Waals surface area contributed by atoms with E-state index < -0.39 is 5.60 Å². The van der Waals surface area contributed by atoms with Gasteiger partial charge in [-0.25, -0.2) is 0 Å². The highest BCUT2D eigenvalue weighted by Crippen LogP contribution is 2.21. The van der Waals surface area contributed by atoms with E-state index in [1.165, 1.54) is 0 Å². The number of ketones is 1. The van der Waals surface area contributed by atoms with E-state index in [9.17, 15) is 9.90 Å². The van der Waals surface area contributed by atoms with Crippen molar-refractivity contribution in [3.05, 3.63) is 70.2 Å². The van der Waals surface area contributed by atoms with Crippen molar-refractivity contribution in [1.29, 1.82) is 0 Å². The zero-order valence-corrected chi connectivity index (χ0v) is 11.6. The van der Waals surface area contributed by atoms with Crippen LogP contribution in [0.2, 0.25) is 5.02 Å². The summed E-state index contributed by atoms with van der Waals surface area (Å²) in [4.78, 5) is 12.2. The fourth-order valence-corrected chi connectivity index (χ4v) is 1.92. The SMILES string of the molecule is CC(C)(O)c1ccc(C(=O)c2ccc(Cl)cc2)cc1. The fraction of sp³-hybridized carbons (Fsp3) is 0.188. The first-order chi connectivity index (χ1) is 8.88. The third kappa shape index (κ3) is 3.22. The predicted octanol–water partition coefficient (Wildman–Crippen LogP) is 3.80. The second-order valence-electron chi connectivity index (χ2n) is 4.97. The normalized spacial score (nSPS) is 11.4. The van der Waals surface area contributed by atoms with E-state index in [1.54, 1.807) is 62.4 Å². The Labute approximate surface area is 117 Å². The molecule has 0 heterocycles. The summed E-state index contributed by atoms with van der Waals surface area (Å²) in [7, 11) is 0. The molecule has 0 radical (unpaired) electrons. The molecule has 2 rings (SSSR count). The molecule has 2 nitrogen and oxygen atoms in total. The minimum atomic E-state index is -0.901. The first-order valence-electron chi connectivity index (χ1n) is 6.01. The molecular formula is C16H15ClO2. The summed E-state index contributed by atoms with van der Waals surface area (Å²) in [5.41, 5.74) is 1.07. The van der Waals surface area contributed by atoms with Gasteiger partial charge in [-0.3, -0.25) is 4.79 Å².